The van der Waals surface area contributed by atoms with E-state index in [1.807, 2.05) is 6.07 Å². The fourth-order valence-electron chi connectivity index (χ4n) is 2.60. The van der Waals surface area contributed by atoms with Gasteiger partial charge < -0.3 is 10.2 Å². The van der Waals surface area contributed by atoms with E-state index in [9.17, 15) is 0 Å². The Balaban J connectivity index is 1.63. The molecule has 1 saturated heterocycles. The minimum Gasteiger partial charge on any atom is -0.311 e. The second kappa shape index (κ2) is 7.07. The highest BCUT2D eigenvalue weighted by Crippen LogP contribution is 2.29. The summed E-state index contributed by atoms with van der Waals surface area (Å²) < 4.78 is 0.881. The van der Waals surface area contributed by atoms with Crippen molar-refractivity contribution in [3.8, 4) is 0 Å². The lowest BCUT2D eigenvalue weighted by molar-refractivity contribution is 0.262. The van der Waals surface area contributed by atoms with Crippen LogP contribution >= 0.6 is 22.9 Å². The van der Waals surface area contributed by atoms with E-state index in [0.717, 1.165) is 24.0 Å². The van der Waals surface area contributed by atoms with Crippen molar-refractivity contribution < 1.29 is 0 Å². The van der Waals surface area contributed by atoms with Gasteiger partial charge in [0.05, 0.1) is 4.34 Å². The predicted molar refractivity (Wildman–Crippen MR) is 85.1 cm³/mol. The smallest absolute Gasteiger partial charge is 0.0931 e. The van der Waals surface area contributed by atoms with E-state index in [1.54, 1.807) is 11.3 Å². The van der Waals surface area contributed by atoms with Crippen molar-refractivity contribution >= 4 is 22.9 Å². The van der Waals surface area contributed by atoms with Crippen LogP contribution in [0.5, 0.6) is 0 Å². The number of hydrogen-bond acceptors (Lipinski definition) is 3. The molecule has 4 heteroatoms. The molecule has 1 aliphatic rings. The van der Waals surface area contributed by atoms with Gasteiger partial charge in [0.15, 0.2) is 0 Å². The molecule has 1 aromatic rings. The van der Waals surface area contributed by atoms with Crippen LogP contribution in [0.25, 0.3) is 0 Å². The highest BCUT2D eigenvalue weighted by molar-refractivity contribution is 7.16. The van der Waals surface area contributed by atoms with Gasteiger partial charge in [-0.2, -0.15) is 0 Å². The third-order valence-corrected chi connectivity index (χ3v) is 5.20. The molecule has 108 valence electrons. The molecular formula is C15H25ClN2S. The highest BCUT2D eigenvalue weighted by atomic mass is 35.5. The van der Waals surface area contributed by atoms with Gasteiger partial charge in [-0.25, -0.2) is 0 Å². The second-order valence-corrected chi connectivity index (χ2v) is 8.04. The summed E-state index contributed by atoms with van der Waals surface area (Å²) in [6.45, 7) is 10.5. The van der Waals surface area contributed by atoms with Gasteiger partial charge in [-0.1, -0.05) is 25.4 Å². The summed E-state index contributed by atoms with van der Waals surface area (Å²) in [6, 6.07) is 4.08. The molecule has 0 aliphatic carbocycles. The maximum Gasteiger partial charge on any atom is 0.0931 e. The maximum atomic E-state index is 5.92. The minimum absolute atomic E-state index is 0.538. The van der Waals surface area contributed by atoms with Crippen LogP contribution in [-0.2, 0) is 6.54 Å². The molecule has 2 nitrogen and oxygen atoms in total. The first-order valence-corrected chi connectivity index (χ1v) is 8.42. The maximum absolute atomic E-state index is 5.92. The number of halogens is 1. The first kappa shape index (κ1) is 15.3. The van der Waals surface area contributed by atoms with Crippen LogP contribution in [0.15, 0.2) is 12.1 Å². The summed E-state index contributed by atoms with van der Waals surface area (Å²) in [6.07, 6.45) is 4.03. The average Bonchev–Trinajstić information content (AvgIpc) is 2.68. The van der Waals surface area contributed by atoms with Gasteiger partial charge in [0, 0.05) is 24.5 Å². The predicted octanol–water partition coefficient (Wildman–Crippen LogP) is 4.00. The molecule has 1 N–H and O–H groups in total. The standard InChI is InChI=1S/C15H25ClN2S/c1-15(2)6-3-9-18(10-7-15)11-8-17-12-13-4-5-14(16)19-13/h4-5,17H,3,6-12H2,1-2H3. The van der Waals surface area contributed by atoms with Gasteiger partial charge in [0.1, 0.15) is 0 Å². The van der Waals surface area contributed by atoms with E-state index in [4.69, 9.17) is 11.6 Å². The Morgan fingerprint density at radius 3 is 2.89 bits per heavy atom. The normalized spacial score (nSPS) is 20.4. The molecule has 0 atom stereocenters. The zero-order valence-electron chi connectivity index (χ0n) is 12.0. The monoisotopic (exact) mass is 300 g/mol. The zero-order valence-corrected chi connectivity index (χ0v) is 13.6. The molecular weight excluding hydrogens is 276 g/mol. The van der Waals surface area contributed by atoms with Crippen molar-refractivity contribution in [1.29, 1.82) is 0 Å². The van der Waals surface area contributed by atoms with Crippen LogP contribution < -0.4 is 5.32 Å². The molecule has 0 amide bonds. The first-order valence-electron chi connectivity index (χ1n) is 7.22. The summed E-state index contributed by atoms with van der Waals surface area (Å²) in [7, 11) is 0. The van der Waals surface area contributed by atoms with Gasteiger partial charge in [-0.05, 0) is 49.9 Å². The Kier molecular flexibility index (Phi) is 5.70. The molecule has 0 bridgehead atoms. The summed E-state index contributed by atoms with van der Waals surface area (Å²) in [5.41, 5.74) is 0.538. The quantitative estimate of drug-likeness (QED) is 0.827. The number of thiophene rings is 1. The number of rotatable bonds is 5. The molecule has 0 unspecified atom stereocenters. The van der Waals surface area contributed by atoms with Crippen LogP contribution in [0.2, 0.25) is 4.34 Å². The summed E-state index contributed by atoms with van der Waals surface area (Å²) in [5, 5.41) is 3.51. The lowest BCUT2D eigenvalue weighted by atomic mass is 9.85. The van der Waals surface area contributed by atoms with Gasteiger partial charge in [0.25, 0.3) is 0 Å². The molecule has 0 spiro atoms. The van der Waals surface area contributed by atoms with Crippen molar-refractivity contribution in [2.24, 2.45) is 5.41 Å². The SMILES string of the molecule is CC1(C)CCCN(CCNCc2ccc(Cl)s2)CC1. The molecule has 0 aromatic carbocycles. The largest absolute Gasteiger partial charge is 0.311 e. The van der Waals surface area contributed by atoms with Gasteiger partial charge in [0.2, 0.25) is 0 Å². The molecule has 1 aliphatic heterocycles. The summed E-state index contributed by atoms with van der Waals surface area (Å²) in [4.78, 5) is 3.92. The lowest BCUT2D eigenvalue weighted by Gasteiger charge is -2.23. The Morgan fingerprint density at radius 2 is 2.16 bits per heavy atom. The Morgan fingerprint density at radius 1 is 1.32 bits per heavy atom. The van der Waals surface area contributed by atoms with Crippen molar-refractivity contribution in [3.63, 3.8) is 0 Å². The summed E-state index contributed by atoms with van der Waals surface area (Å²) in [5.74, 6) is 0. The van der Waals surface area contributed by atoms with E-state index in [2.05, 4.69) is 30.1 Å². The number of nitrogens with zero attached hydrogens (tertiary/aromatic N) is 1. The molecule has 0 saturated carbocycles. The Labute approximate surface area is 126 Å². The molecule has 1 aromatic heterocycles. The van der Waals surface area contributed by atoms with Gasteiger partial charge in [-0.15, -0.1) is 11.3 Å². The van der Waals surface area contributed by atoms with Crippen molar-refractivity contribution in [1.82, 2.24) is 10.2 Å². The van der Waals surface area contributed by atoms with Gasteiger partial charge >= 0.3 is 0 Å². The number of hydrogen-bond donors (Lipinski definition) is 1. The molecule has 1 fully saturated rings. The fourth-order valence-corrected chi connectivity index (χ4v) is 3.66. The van der Waals surface area contributed by atoms with Crippen LogP contribution in [0.4, 0.5) is 0 Å². The van der Waals surface area contributed by atoms with E-state index in [0.29, 0.717) is 5.41 Å². The molecule has 0 radical (unpaired) electrons. The van der Waals surface area contributed by atoms with Crippen molar-refractivity contribution in [3.05, 3.63) is 21.3 Å². The zero-order chi connectivity index (χ0) is 13.7. The lowest BCUT2D eigenvalue weighted by Crippen LogP contribution is -2.33. The highest BCUT2D eigenvalue weighted by Gasteiger charge is 2.22. The third kappa shape index (κ3) is 5.42. The van der Waals surface area contributed by atoms with E-state index in [-0.39, 0.29) is 0 Å². The van der Waals surface area contributed by atoms with E-state index >= 15 is 0 Å². The van der Waals surface area contributed by atoms with E-state index < -0.39 is 0 Å². The van der Waals surface area contributed by atoms with Gasteiger partial charge in [-0.3, -0.25) is 0 Å². The molecule has 2 heterocycles. The first-order chi connectivity index (χ1) is 9.05. The third-order valence-electron chi connectivity index (χ3n) is 3.97. The number of nitrogens with one attached hydrogen (secondary N) is 1. The summed E-state index contributed by atoms with van der Waals surface area (Å²) >= 11 is 7.59. The topological polar surface area (TPSA) is 15.3 Å². The van der Waals surface area contributed by atoms with Crippen LogP contribution in [0.3, 0.4) is 0 Å². The Hall–Kier alpha value is -0.0900. The van der Waals surface area contributed by atoms with Crippen molar-refractivity contribution in [2.45, 2.75) is 39.7 Å². The fraction of sp³-hybridized carbons (Fsp3) is 0.733. The van der Waals surface area contributed by atoms with Crippen LogP contribution in [0, 0.1) is 5.41 Å². The molecule has 2 rings (SSSR count). The minimum atomic E-state index is 0.538. The van der Waals surface area contributed by atoms with Crippen LogP contribution in [-0.4, -0.2) is 31.1 Å². The van der Waals surface area contributed by atoms with Crippen molar-refractivity contribution in [2.75, 3.05) is 26.2 Å². The second-order valence-electron chi connectivity index (χ2n) is 6.24. The van der Waals surface area contributed by atoms with E-state index in [1.165, 1.54) is 37.2 Å². The average molecular weight is 301 g/mol. The Bertz CT molecular complexity index is 389. The van der Waals surface area contributed by atoms with Crippen LogP contribution in [0.1, 0.15) is 38.0 Å². The number of likely N-dealkylation sites (tertiary alicyclic amines) is 1. The molecule has 19 heavy (non-hydrogen) atoms.